The number of imidazole rings is 1. The molecule has 3 aromatic carbocycles. The van der Waals surface area contributed by atoms with E-state index in [1.165, 1.54) is 11.1 Å². The Morgan fingerprint density at radius 3 is 2.57 bits per heavy atom. The summed E-state index contributed by atoms with van der Waals surface area (Å²) in [6, 6.07) is 24.2. The van der Waals surface area contributed by atoms with E-state index in [9.17, 15) is 4.79 Å². The average molecular weight is 369 g/mol. The normalized spacial score (nSPS) is 10.9. The molecule has 0 spiro atoms. The number of carbonyl (C=O) groups is 1. The molecule has 0 aliphatic rings. The molecule has 4 rings (SSSR count). The van der Waals surface area contributed by atoms with Gasteiger partial charge in [0.15, 0.2) is 0 Å². The summed E-state index contributed by atoms with van der Waals surface area (Å²) in [4.78, 5) is 17.4. The highest BCUT2D eigenvalue weighted by atomic mass is 16.1. The SMILES string of the molecule is Cc1cccc(Cn2c(CNC(=O)c3ccccc3C)nc3ccccc32)c1. The Kier molecular flexibility index (Phi) is 4.94. The van der Waals surface area contributed by atoms with Crippen molar-refractivity contribution in [3.05, 3.63) is 101 Å². The molecule has 0 radical (unpaired) electrons. The number of hydrogen-bond acceptors (Lipinski definition) is 2. The topological polar surface area (TPSA) is 46.9 Å². The zero-order chi connectivity index (χ0) is 19.5. The van der Waals surface area contributed by atoms with Gasteiger partial charge in [-0.15, -0.1) is 0 Å². The van der Waals surface area contributed by atoms with Crippen LogP contribution in [-0.4, -0.2) is 15.5 Å². The van der Waals surface area contributed by atoms with Crippen LogP contribution in [-0.2, 0) is 13.1 Å². The van der Waals surface area contributed by atoms with Crippen molar-refractivity contribution >= 4 is 16.9 Å². The number of fused-ring (bicyclic) bond motifs is 1. The minimum absolute atomic E-state index is 0.0766. The lowest BCUT2D eigenvalue weighted by atomic mass is 10.1. The highest BCUT2D eigenvalue weighted by Gasteiger charge is 2.13. The monoisotopic (exact) mass is 369 g/mol. The molecule has 1 aromatic heterocycles. The molecule has 4 aromatic rings. The van der Waals surface area contributed by atoms with Gasteiger partial charge in [0.2, 0.25) is 0 Å². The summed E-state index contributed by atoms with van der Waals surface area (Å²) in [7, 11) is 0. The Morgan fingerprint density at radius 1 is 0.964 bits per heavy atom. The number of amides is 1. The predicted molar refractivity (Wildman–Crippen MR) is 112 cm³/mol. The Hall–Kier alpha value is -3.40. The number of rotatable bonds is 5. The smallest absolute Gasteiger partial charge is 0.251 e. The van der Waals surface area contributed by atoms with E-state index in [1.807, 2.05) is 49.4 Å². The first kappa shape index (κ1) is 18.0. The van der Waals surface area contributed by atoms with E-state index in [1.54, 1.807) is 0 Å². The first-order valence-corrected chi connectivity index (χ1v) is 9.45. The van der Waals surface area contributed by atoms with Crippen LogP contribution >= 0.6 is 0 Å². The van der Waals surface area contributed by atoms with Gasteiger partial charge in [0.25, 0.3) is 5.91 Å². The third-order valence-electron chi connectivity index (χ3n) is 4.95. The van der Waals surface area contributed by atoms with Gasteiger partial charge in [0.1, 0.15) is 5.82 Å². The highest BCUT2D eigenvalue weighted by molar-refractivity contribution is 5.95. The van der Waals surface area contributed by atoms with Crippen molar-refractivity contribution in [2.24, 2.45) is 0 Å². The zero-order valence-electron chi connectivity index (χ0n) is 16.1. The molecule has 1 heterocycles. The average Bonchev–Trinajstić information content (AvgIpc) is 3.04. The second-order valence-electron chi connectivity index (χ2n) is 7.09. The van der Waals surface area contributed by atoms with Crippen LogP contribution in [0.5, 0.6) is 0 Å². The van der Waals surface area contributed by atoms with Gasteiger partial charge in [-0.2, -0.15) is 0 Å². The third-order valence-corrected chi connectivity index (χ3v) is 4.95. The van der Waals surface area contributed by atoms with Crippen molar-refractivity contribution < 1.29 is 4.79 Å². The van der Waals surface area contributed by atoms with Gasteiger partial charge in [-0.25, -0.2) is 4.98 Å². The second kappa shape index (κ2) is 7.69. The molecule has 140 valence electrons. The van der Waals surface area contributed by atoms with Crippen LogP contribution in [0.25, 0.3) is 11.0 Å². The molecule has 0 bridgehead atoms. The van der Waals surface area contributed by atoms with Crippen LogP contribution in [0.15, 0.2) is 72.8 Å². The van der Waals surface area contributed by atoms with E-state index >= 15 is 0 Å². The fourth-order valence-corrected chi connectivity index (χ4v) is 3.51. The van der Waals surface area contributed by atoms with E-state index in [-0.39, 0.29) is 5.91 Å². The summed E-state index contributed by atoms with van der Waals surface area (Å²) < 4.78 is 2.18. The van der Waals surface area contributed by atoms with Gasteiger partial charge in [0, 0.05) is 12.1 Å². The Morgan fingerprint density at radius 2 is 1.75 bits per heavy atom. The molecule has 0 atom stereocenters. The molecule has 4 nitrogen and oxygen atoms in total. The summed E-state index contributed by atoms with van der Waals surface area (Å²) in [5.41, 5.74) is 6.13. The number of nitrogens with one attached hydrogen (secondary N) is 1. The molecular weight excluding hydrogens is 346 g/mol. The van der Waals surface area contributed by atoms with Crippen molar-refractivity contribution in [1.82, 2.24) is 14.9 Å². The highest BCUT2D eigenvalue weighted by Crippen LogP contribution is 2.19. The maximum atomic E-state index is 12.6. The number of nitrogens with zero attached hydrogens (tertiary/aromatic N) is 2. The summed E-state index contributed by atoms with van der Waals surface area (Å²) in [6.07, 6.45) is 0. The van der Waals surface area contributed by atoms with E-state index in [0.717, 1.165) is 29.0 Å². The van der Waals surface area contributed by atoms with E-state index in [4.69, 9.17) is 4.98 Å². The van der Waals surface area contributed by atoms with Crippen molar-refractivity contribution in [1.29, 1.82) is 0 Å². The predicted octanol–water partition coefficient (Wildman–Crippen LogP) is 4.63. The Balaban J connectivity index is 1.63. The molecule has 0 saturated carbocycles. The molecule has 0 unspecified atom stereocenters. The summed E-state index contributed by atoms with van der Waals surface area (Å²) in [5.74, 6) is 0.775. The van der Waals surface area contributed by atoms with Crippen LogP contribution in [0, 0.1) is 13.8 Å². The number of carbonyl (C=O) groups excluding carboxylic acids is 1. The summed E-state index contributed by atoms with van der Waals surface area (Å²) >= 11 is 0. The second-order valence-corrected chi connectivity index (χ2v) is 7.09. The summed E-state index contributed by atoms with van der Waals surface area (Å²) in [6.45, 7) is 5.15. The van der Waals surface area contributed by atoms with E-state index in [0.29, 0.717) is 12.1 Å². The third kappa shape index (κ3) is 3.67. The lowest BCUT2D eigenvalue weighted by molar-refractivity contribution is 0.0949. The molecule has 28 heavy (non-hydrogen) atoms. The Labute approximate surface area is 164 Å². The van der Waals surface area contributed by atoms with E-state index < -0.39 is 0 Å². The van der Waals surface area contributed by atoms with Gasteiger partial charge in [0.05, 0.1) is 17.6 Å². The van der Waals surface area contributed by atoms with Crippen LogP contribution in [0.1, 0.15) is 32.9 Å². The van der Waals surface area contributed by atoms with Gasteiger partial charge < -0.3 is 9.88 Å². The van der Waals surface area contributed by atoms with Gasteiger partial charge in [-0.3, -0.25) is 4.79 Å². The fraction of sp³-hybridized carbons (Fsp3) is 0.167. The minimum Gasteiger partial charge on any atom is -0.345 e. The lowest BCUT2D eigenvalue weighted by Crippen LogP contribution is -2.25. The molecule has 0 aliphatic carbocycles. The van der Waals surface area contributed by atoms with Gasteiger partial charge in [-0.05, 0) is 43.2 Å². The molecule has 0 saturated heterocycles. The molecule has 0 fully saturated rings. The van der Waals surface area contributed by atoms with Crippen LogP contribution < -0.4 is 5.32 Å². The standard InChI is InChI=1S/C24H23N3O/c1-17-8-7-10-19(14-17)16-27-22-13-6-5-12-21(22)26-23(27)15-25-24(28)20-11-4-3-9-18(20)2/h3-14H,15-16H2,1-2H3,(H,25,28). The first-order valence-electron chi connectivity index (χ1n) is 9.45. The van der Waals surface area contributed by atoms with Crippen molar-refractivity contribution in [2.75, 3.05) is 0 Å². The number of aryl methyl sites for hydroxylation is 2. The van der Waals surface area contributed by atoms with E-state index in [2.05, 4.69) is 47.1 Å². The maximum Gasteiger partial charge on any atom is 0.251 e. The number of hydrogen-bond donors (Lipinski definition) is 1. The molecule has 4 heteroatoms. The van der Waals surface area contributed by atoms with Gasteiger partial charge in [-0.1, -0.05) is 60.2 Å². The number of para-hydroxylation sites is 2. The van der Waals surface area contributed by atoms with Crippen molar-refractivity contribution in [3.8, 4) is 0 Å². The van der Waals surface area contributed by atoms with Crippen molar-refractivity contribution in [3.63, 3.8) is 0 Å². The number of aromatic nitrogens is 2. The minimum atomic E-state index is -0.0766. The largest absolute Gasteiger partial charge is 0.345 e. The van der Waals surface area contributed by atoms with Gasteiger partial charge >= 0.3 is 0 Å². The molecule has 0 aliphatic heterocycles. The quantitative estimate of drug-likeness (QED) is 0.557. The van der Waals surface area contributed by atoms with Crippen LogP contribution in [0.3, 0.4) is 0 Å². The number of benzene rings is 3. The van der Waals surface area contributed by atoms with Crippen LogP contribution in [0.2, 0.25) is 0 Å². The molecule has 1 N–H and O–H groups in total. The maximum absolute atomic E-state index is 12.6. The van der Waals surface area contributed by atoms with Crippen LogP contribution in [0.4, 0.5) is 0 Å². The fourth-order valence-electron chi connectivity index (χ4n) is 3.51. The molecule has 1 amide bonds. The lowest BCUT2D eigenvalue weighted by Gasteiger charge is -2.12. The van der Waals surface area contributed by atoms with Crippen molar-refractivity contribution in [2.45, 2.75) is 26.9 Å². The zero-order valence-corrected chi connectivity index (χ0v) is 16.1. The molecular formula is C24H23N3O. The Bertz CT molecular complexity index is 1140. The summed E-state index contributed by atoms with van der Waals surface area (Å²) in [5, 5.41) is 3.03. The first-order chi connectivity index (χ1) is 13.6.